The number of likely N-dealkylation sites (N-methyl/N-ethyl adjacent to an activating group) is 1. The fourth-order valence-electron chi connectivity index (χ4n) is 2.00. The highest BCUT2D eigenvalue weighted by Gasteiger charge is 2.20. The summed E-state index contributed by atoms with van der Waals surface area (Å²) < 4.78 is 11.5. The maximum absolute atomic E-state index is 12.2. The minimum Gasteiger partial charge on any atom is -0.463 e. The number of nitrogens with one attached hydrogen (secondary N) is 2. The van der Waals surface area contributed by atoms with E-state index in [1.165, 1.54) is 13.2 Å². The Morgan fingerprint density at radius 2 is 2.23 bits per heavy atom. The van der Waals surface area contributed by atoms with Crippen LogP contribution in [0.1, 0.15) is 27.9 Å². The van der Waals surface area contributed by atoms with Crippen LogP contribution in [0.4, 0.5) is 0 Å². The van der Waals surface area contributed by atoms with E-state index in [1.54, 1.807) is 37.2 Å². The molecule has 0 saturated carbocycles. The number of carbonyl (C=O) groups excluding carboxylic acids is 2. The van der Waals surface area contributed by atoms with Crippen LogP contribution in [0.5, 0.6) is 0 Å². The van der Waals surface area contributed by atoms with E-state index in [2.05, 4.69) is 20.5 Å². The largest absolute Gasteiger partial charge is 0.463 e. The zero-order valence-electron chi connectivity index (χ0n) is 12.6. The quantitative estimate of drug-likeness (QED) is 0.749. The first-order chi connectivity index (χ1) is 10.5. The van der Waals surface area contributed by atoms with Gasteiger partial charge in [-0.1, -0.05) is 0 Å². The molecule has 2 N–H and O–H groups in total. The summed E-state index contributed by atoms with van der Waals surface area (Å²) in [6.45, 7) is 0.175. The molecule has 0 aliphatic heterocycles. The molecule has 2 rings (SSSR count). The average molecular weight is 306 g/mol. The van der Waals surface area contributed by atoms with Gasteiger partial charge in [0.25, 0.3) is 0 Å². The number of hydrogen-bond acceptors (Lipinski definition) is 6. The first-order valence-corrected chi connectivity index (χ1v) is 6.65. The molecule has 118 valence electrons. The zero-order chi connectivity index (χ0) is 16.1. The molecule has 2 heterocycles. The van der Waals surface area contributed by atoms with Gasteiger partial charge in [0.2, 0.25) is 11.7 Å². The number of carbonyl (C=O) groups is 2. The number of aryl methyl sites for hydroxylation is 1. The second-order valence-corrected chi connectivity index (χ2v) is 4.64. The fourth-order valence-corrected chi connectivity index (χ4v) is 2.00. The second-order valence-electron chi connectivity index (χ2n) is 4.64. The van der Waals surface area contributed by atoms with Crippen molar-refractivity contribution in [2.45, 2.75) is 12.6 Å². The molecular weight excluding hydrogens is 288 g/mol. The SMILES string of the molecule is CNC(C(=O)NCc1ccc(C(=O)OC)o1)c1cnn(C)c1. The number of hydrogen-bond donors (Lipinski definition) is 2. The number of ether oxygens (including phenoxy) is 1. The Labute approximate surface area is 127 Å². The monoisotopic (exact) mass is 306 g/mol. The van der Waals surface area contributed by atoms with Crippen LogP contribution in [0.2, 0.25) is 0 Å². The number of furan rings is 1. The first kappa shape index (κ1) is 15.8. The van der Waals surface area contributed by atoms with Gasteiger partial charge in [-0.15, -0.1) is 0 Å². The molecule has 0 radical (unpaired) electrons. The van der Waals surface area contributed by atoms with E-state index in [-0.39, 0.29) is 18.2 Å². The van der Waals surface area contributed by atoms with Crippen molar-refractivity contribution in [1.29, 1.82) is 0 Å². The van der Waals surface area contributed by atoms with Gasteiger partial charge >= 0.3 is 5.97 Å². The molecule has 0 aliphatic carbocycles. The van der Waals surface area contributed by atoms with Gasteiger partial charge in [-0.05, 0) is 19.2 Å². The summed E-state index contributed by atoms with van der Waals surface area (Å²) in [6.07, 6.45) is 3.39. The van der Waals surface area contributed by atoms with E-state index >= 15 is 0 Å². The number of amides is 1. The molecule has 0 aliphatic rings. The van der Waals surface area contributed by atoms with Crippen LogP contribution >= 0.6 is 0 Å². The van der Waals surface area contributed by atoms with Gasteiger partial charge < -0.3 is 19.8 Å². The Bertz CT molecular complexity index is 661. The first-order valence-electron chi connectivity index (χ1n) is 6.65. The van der Waals surface area contributed by atoms with Gasteiger partial charge in [0, 0.05) is 18.8 Å². The highest BCUT2D eigenvalue weighted by Crippen LogP contribution is 2.13. The molecule has 1 atom stereocenters. The summed E-state index contributed by atoms with van der Waals surface area (Å²) in [5, 5.41) is 9.72. The Kier molecular flexibility index (Phi) is 4.95. The van der Waals surface area contributed by atoms with Crippen LogP contribution in [0.25, 0.3) is 0 Å². The number of nitrogens with zero attached hydrogens (tertiary/aromatic N) is 2. The minimum absolute atomic E-state index is 0.101. The second kappa shape index (κ2) is 6.90. The number of aromatic nitrogens is 2. The molecule has 0 saturated heterocycles. The molecule has 8 nitrogen and oxygen atoms in total. The van der Waals surface area contributed by atoms with E-state index < -0.39 is 12.0 Å². The summed E-state index contributed by atoms with van der Waals surface area (Å²) in [5.74, 6) is -0.202. The lowest BCUT2D eigenvalue weighted by molar-refractivity contribution is -0.123. The third-order valence-corrected chi connectivity index (χ3v) is 3.09. The third kappa shape index (κ3) is 3.53. The predicted octanol–water partition coefficient (Wildman–Crippen LogP) is 0.377. The van der Waals surface area contributed by atoms with Crippen molar-refractivity contribution in [2.24, 2.45) is 7.05 Å². The molecular formula is C14H18N4O4. The van der Waals surface area contributed by atoms with Gasteiger partial charge in [0.1, 0.15) is 11.8 Å². The van der Waals surface area contributed by atoms with Crippen molar-refractivity contribution < 1.29 is 18.7 Å². The van der Waals surface area contributed by atoms with Crippen LogP contribution in [-0.4, -0.2) is 35.8 Å². The van der Waals surface area contributed by atoms with Crippen molar-refractivity contribution in [1.82, 2.24) is 20.4 Å². The molecule has 22 heavy (non-hydrogen) atoms. The van der Waals surface area contributed by atoms with Crippen LogP contribution in [0.3, 0.4) is 0 Å². The maximum Gasteiger partial charge on any atom is 0.373 e. The molecule has 1 unspecified atom stereocenters. The van der Waals surface area contributed by atoms with Gasteiger partial charge in [-0.3, -0.25) is 9.48 Å². The number of rotatable bonds is 6. The molecule has 0 spiro atoms. The normalized spacial score (nSPS) is 12.0. The van der Waals surface area contributed by atoms with E-state index in [0.29, 0.717) is 5.76 Å². The van der Waals surface area contributed by atoms with Crippen LogP contribution in [-0.2, 0) is 23.1 Å². The van der Waals surface area contributed by atoms with Gasteiger partial charge in [-0.2, -0.15) is 5.10 Å². The van der Waals surface area contributed by atoms with Crippen molar-refractivity contribution in [3.63, 3.8) is 0 Å². The summed E-state index contributed by atoms with van der Waals surface area (Å²) in [4.78, 5) is 23.5. The van der Waals surface area contributed by atoms with Crippen molar-refractivity contribution in [3.8, 4) is 0 Å². The van der Waals surface area contributed by atoms with Crippen molar-refractivity contribution in [3.05, 3.63) is 41.6 Å². The Balaban J connectivity index is 1.96. The smallest absolute Gasteiger partial charge is 0.373 e. The highest BCUT2D eigenvalue weighted by atomic mass is 16.5. The third-order valence-electron chi connectivity index (χ3n) is 3.09. The molecule has 0 fully saturated rings. The topological polar surface area (TPSA) is 98.4 Å². The maximum atomic E-state index is 12.2. The summed E-state index contributed by atoms with van der Waals surface area (Å²) in [6, 6.07) is 2.61. The van der Waals surface area contributed by atoms with Gasteiger partial charge in [0.05, 0.1) is 19.9 Å². The summed E-state index contributed by atoms with van der Waals surface area (Å²) in [5.41, 5.74) is 0.761. The Hall–Kier alpha value is -2.61. The summed E-state index contributed by atoms with van der Waals surface area (Å²) >= 11 is 0. The van der Waals surface area contributed by atoms with Crippen LogP contribution in [0, 0.1) is 0 Å². The lowest BCUT2D eigenvalue weighted by Gasteiger charge is -2.13. The van der Waals surface area contributed by atoms with Crippen LogP contribution in [0.15, 0.2) is 28.9 Å². The predicted molar refractivity (Wildman–Crippen MR) is 76.9 cm³/mol. The Morgan fingerprint density at radius 3 is 2.82 bits per heavy atom. The minimum atomic E-state index is -0.555. The average Bonchev–Trinajstić information content (AvgIpc) is 3.14. The van der Waals surface area contributed by atoms with Crippen molar-refractivity contribution in [2.75, 3.05) is 14.2 Å². The summed E-state index contributed by atoms with van der Waals surface area (Å²) in [7, 11) is 4.75. The fraction of sp³-hybridized carbons (Fsp3) is 0.357. The van der Waals surface area contributed by atoms with E-state index in [0.717, 1.165) is 5.56 Å². The molecule has 0 aromatic carbocycles. The van der Waals surface area contributed by atoms with E-state index in [9.17, 15) is 9.59 Å². The lowest BCUT2D eigenvalue weighted by Crippen LogP contribution is -2.35. The zero-order valence-corrected chi connectivity index (χ0v) is 12.6. The van der Waals surface area contributed by atoms with Gasteiger partial charge in [0.15, 0.2) is 0 Å². The highest BCUT2D eigenvalue weighted by molar-refractivity contribution is 5.86. The van der Waals surface area contributed by atoms with Crippen LogP contribution < -0.4 is 10.6 Å². The van der Waals surface area contributed by atoms with E-state index in [1.807, 2.05) is 0 Å². The van der Waals surface area contributed by atoms with E-state index in [4.69, 9.17) is 4.42 Å². The molecule has 2 aromatic heterocycles. The lowest BCUT2D eigenvalue weighted by atomic mass is 10.1. The number of methoxy groups -OCH3 is 1. The Morgan fingerprint density at radius 1 is 1.45 bits per heavy atom. The molecule has 1 amide bonds. The van der Waals surface area contributed by atoms with Gasteiger partial charge in [-0.25, -0.2) is 4.79 Å². The number of esters is 1. The standard InChI is InChI=1S/C14H18N4O4/c1-15-12(9-6-17-18(2)8-9)13(19)16-7-10-4-5-11(22-10)14(20)21-3/h4-6,8,12,15H,7H2,1-3H3,(H,16,19). The molecule has 0 bridgehead atoms. The van der Waals surface area contributed by atoms with Crippen molar-refractivity contribution >= 4 is 11.9 Å². The molecule has 8 heteroatoms. The molecule has 2 aromatic rings.